The van der Waals surface area contributed by atoms with Crippen molar-refractivity contribution in [3.05, 3.63) is 23.9 Å². The molecule has 1 aromatic rings. The van der Waals surface area contributed by atoms with Crippen molar-refractivity contribution in [2.45, 2.75) is 19.4 Å². The van der Waals surface area contributed by atoms with Crippen LogP contribution in [0.3, 0.4) is 0 Å². The summed E-state index contributed by atoms with van der Waals surface area (Å²) >= 11 is 0. The Labute approximate surface area is 112 Å². The van der Waals surface area contributed by atoms with Gasteiger partial charge in [0, 0.05) is 25.1 Å². The Morgan fingerprint density at radius 1 is 1.63 bits per heavy atom. The van der Waals surface area contributed by atoms with Gasteiger partial charge in [0.15, 0.2) is 0 Å². The number of aromatic nitrogens is 1. The number of likely N-dealkylation sites (tertiary alicyclic amines) is 1. The molecule has 0 amide bonds. The molecule has 1 aliphatic rings. The van der Waals surface area contributed by atoms with E-state index in [9.17, 15) is 0 Å². The first-order chi connectivity index (χ1) is 9.22. The van der Waals surface area contributed by atoms with Crippen molar-refractivity contribution in [1.82, 2.24) is 9.88 Å². The number of hydrogen-bond acceptors (Lipinski definition) is 5. The van der Waals surface area contributed by atoms with Crippen LogP contribution in [-0.2, 0) is 6.54 Å². The molecule has 2 heterocycles. The summed E-state index contributed by atoms with van der Waals surface area (Å²) in [6, 6.07) is 5.75. The lowest BCUT2D eigenvalue weighted by Crippen LogP contribution is -2.40. The van der Waals surface area contributed by atoms with Gasteiger partial charge in [-0.2, -0.15) is 0 Å². The molecule has 0 saturated carbocycles. The normalized spacial score (nSPS) is 21.3. The third-order valence-electron chi connectivity index (χ3n) is 3.42. The molecular weight excluding hydrogens is 244 g/mol. The molecule has 6 heteroatoms. The van der Waals surface area contributed by atoms with Gasteiger partial charge in [-0.05, 0) is 25.5 Å². The number of rotatable bonds is 4. The van der Waals surface area contributed by atoms with Gasteiger partial charge in [0.1, 0.15) is 5.84 Å². The van der Waals surface area contributed by atoms with Crippen molar-refractivity contribution in [3.63, 3.8) is 0 Å². The van der Waals surface area contributed by atoms with Crippen molar-refractivity contribution in [3.8, 4) is 5.88 Å². The summed E-state index contributed by atoms with van der Waals surface area (Å²) in [5, 5.41) is 11.9. The monoisotopic (exact) mass is 264 g/mol. The highest BCUT2D eigenvalue weighted by atomic mass is 16.5. The van der Waals surface area contributed by atoms with E-state index in [2.05, 4.69) is 15.0 Å². The molecule has 1 aromatic heterocycles. The molecule has 6 nitrogen and oxygen atoms in total. The van der Waals surface area contributed by atoms with Gasteiger partial charge in [0.25, 0.3) is 0 Å². The number of nitrogens with zero attached hydrogens (tertiary/aromatic N) is 3. The molecule has 0 aliphatic carbocycles. The Bertz CT molecular complexity index is 450. The highest BCUT2D eigenvalue weighted by Gasteiger charge is 2.23. The van der Waals surface area contributed by atoms with E-state index in [1.54, 1.807) is 7.11 Å². The summed E-state index contributed by atoms with van der Waals surface area (Å²) in [4.78, 5) is 6.67. The lowest BCUT2D eigenvalue weighted by atomic mass is 9.97. The van der Waals surface area contributed by atoms with Crippen LogP contribution in [0, 0.1) is 5.92 Å². The minimum atomic E-state index is 0.129. The lowest BCUT2D eigenvalue weighted by Gasteiger charge is -2.31. The van der Waals surface area contributed by atoms with Gasteiger partial charge in [-0.25, -0.2) is 4.98 Å². The van der Waals surface area contributed by atoms with Gasteiger partial charge in [0.2, 0.25) is 5.88 Å². The maximum atomic E-state index is 8.75. The largest absolute Gasteiger partial charge is 0.481 e. The van der Waals surface area contributed by atoms with E-state index in [1.807, 2.05) is 18.2 Å². The average Bonchev–Trinajstić information content (AvgIpc) is 2.47. The second-order valence-corrected chi connectivity index (χ2v) is 4.77. The van der Waals surface area contributed by atoms with Crippen LogP contribution >= 0.6 is 0 Å². The van der Waals surface area contributed by atoms with Crippen LogP contribution in [0.4, 0.5) is 0 Å². The second kappa shape index (κ2) is 6.38. The van der Waals surface area contributed by atoms with Crippen LogP contribution in [0.1, 0.15) is 18.5 Å². The van der Waals surface area contributed by atoms with E-state index >= 15 is 0 Å². The summed E-state index contributed by atoms with van der Waals surface area (Å²) in [6.07, 6.45) is 2.02. The van der Waals surface area contributed by atoms with Gasteiger partial charge < -0.3 is 15.7 Å². The number of ether oxygens (including phenoxy) is 1. The SMILES string of the molecule is COc1cccc(CN2CCCC(C(N)=NO)C2)n1. The predicted octanol–water partition coefficient (Wildman–Crippen LogP) is 1.05. The minimum Gasteiger partial charge on any atom is -0.481 e. The zero-order valence-corrected chi connectivity index (χ0v) is 11.1. The van der Waals surface area contributed by atoms with Gasteiger partial charge in [-0.15, -0.1) is 0 Å². The minimum absolute atomic E-state index is 0.129. The molecule has 1 fully saturated rings. The first-order valence-electron chi connectivity index (χ1n) is 6.42. The highest BCUT2D eigenvalue weighted by molar-refractivity contribution is 5.82. The van der Waals surface area contributed by atoms with Crippen molar-refractivity contribution in [2.75, 3.05) is 20.2 Å². The number of piperidine rings is 1. The van der Waals surface area contributed by atoms with E-state index in [1.165, 1.54) is 0 Å². The summed E-state index contributed by atoms with van der Waals surface area (Å²) in [5.41, 5.74) is 6.66. The maximum absolute atomic E-state index is 8.75. The molecule has 0 aromatic carbocycles. The Hall–Kier alpha value is -1.82. The standard InChI is InChI=1S/C13H20N4O2/c1-19-12-6-2-5-11(15-12)9-17-7-3-4-10(8-17)13(14)16-18/h2,5-6,10,18H,3-4,7-9H2,1H3,(H2,14,16). The van der Waals surface area contributed by atoms with Gasteiger partial charge in [-0.1, -0.05) is 11.2 Å². The fourth-order valence-corrected chi connectivity index (χ4v) is 2.41. The van der Waals surface area contributed by atoms with Crippen molar-refractivity contribution < 1.29 is 9.94 Å². The summed E-state index contributed by atoms with van der Waals surface area (Å²) in [7, 11) is 1.61. The van der Waals surface area contributed by atoms with E-state index < -0.39 is 0 Å². The second-order valence-electron chi connectivity index (χ2n) is 4.77. The third-order valence-corrected chi connectivity index (χ3v) is 3.42. The van der Waals surface area contributed by atoms with Crippen LogP contribution in [0.25, 0.3) is 0 Å². The summed E-state index contributed by atoms with van der Waals surface area (Å²) < 4.78 is 5.12. The van der Waals surface area contributed by atoms with Crippen molar-refractivity contribution >= 4 is 5.84 Å². The summed E-state index contributed by atoms with van der Waals surface area (Å²) in [6.45, 7) is 2.56. The molecule has 19 heavy (non-hydrogen) atoms. The van der Waals surface area contributed by atoms with E-state index in [0.29, 0.717) is 11.7 Å². The molecule has 1 atom stereocenters. The Morgan fingerprint density at radius 3 is 3.21 bits per heavy atom. The van der Waals surface area contributed by atoms with Gasteiger partial charge >= 0.3 is 0 Å². The molecule has 1 saturated heterocycles. The number of nitrogens with two attached hydrogens (primary N) is 1. The van der Waals surface area contributed by atoms with Gasteiger partial charge in [0.05, 0.1) is 12.8 Å². The highest BCUT2D eigenvalue weighted by Crippen LogP contribution is 2.19. The quantitative estimate of drug-likeness (QED) is 0.367. The number of pyridine rings is 1. The molecular formula is C13H20N4O2. The fraction of sp³-hybridized carbons (Fsp3) is 0.538. The smallest absolute Gasteiger partial charge is 0.213 e. The summed E-state index contributed by atoms with van der Waals surface area (Å²) in [5.74, 6) is 1.08. The Kier molecular flexibility index (Phi) is 4.57. The molecule has 1 unspecified atom stereocenters. The Balaban J connectivity index is 1.98. The zero-order valence-electron chi connectivity index (χ0n) is 11.1. The average molecular weight is 264 g/mol. The molecule has 2 rings (SSSR count). The van der Waals surface area contributed by atoms with E-state index in [4.69, 9.17) is 15.7 Å². The first-order valence-corrected chi connectivity index (χ1v) is 6.42. The first kappa shape index (κ1) is 13.6. The van der Waals surface area contributed by atoms with E-state index in [-0.39, 0.29) is 5.92 Å². The maximum Gasteiger partial charge on any atom is 0.213 e. The molecule has 1 aliphatic heterocycles. The zero-order chi connectivity index (χ0) is 13.7. The fourth-order valence-electron chi connectivity index (χ4n) is 2.41. The number of amidine groups is 1. The number of methoxy groups -OCH3 is 1. The molecule has 3 N–H and O–H groups in total. The van der Waals surface area contributed by atoms with Crippen LogP contribution in [-0.4, -0.2) is 41.1 Å². The Morgan fingerprint density at radius 2 is 2.47 bits per heavy atom. The molecule has 0 spiro atoms. The third kappa shape index (κ3) is 3.57. The molecule has 0 bridgehead atoms. The van der Waals surface area contributed by atoms with Crippen LogP contribution in [0.2, 0.25) is 0 Å². The predicted molar refractivity (Wildman–Crippen MR) is 72.2 cm³/mol. The number of hydrogen-bond donors (Lipinski definition) is 2. The van der Waals surface area contributed by atoms with Crippen LogP contribution in [0.15, 0.2) is 23.4 Å². The lowest BCUT2D eigenvalue weighted by molar-refractivity contribution is 0.190. The molecule has 104 valence electrons. The van der Waals surface area contributed by atoms with E-state index in [0.717, 1.165) is 38.2 Å². The van der Waals surface area contributed by atoms with Crippen LogP contribution in [0.5, 0.6) is 5.88 Å². The van der Waals surface area contributed by atoms with Crippen molar-refractivity contribution in [1.29, 1.82) is 0 Å². The van der Waals surface area contributed by atoms with Crippen LogP contribution < -0.4 is 10.5 Å². The topological polar surface area (TPSA) is 84.0 Å². The van der Waals surface area contributed by atoms with Gasteiger partial charge in [-0.3, -0.25) is 4.90 Å². The number of oxime groups is 1. The van der Waals surface area contributed by atoms with Crippen molar-refractivity contribution in [2.24, 2.45) is 16.8 Å². The molecule has 0 radical (unpaired) electrons.